The molecule has 0 saturated carbocycles. The zero-order chi connectivity index (χ0) is 12.9. The van der Waals surface area contributed by atoms with Gasteiger partial charge >= 0.3 is 0 Å². The van der Waals surface area contributed by atoms with Crippen molar-refractivity contribution >= 4 is 0 Å². The SMILES string of the molecule is C=C(C)CC(NC)C(C)(C)N1CCCCCC1. The summed E-state index contributed by atoms with van der Waals surface area (Å²) in [5, 5.41) is 3.49. The molecule has 1 heterocycles. The summed E-state index contributed by atoms with van der Waals surface area (Å²) in [4.78, 5) is 2.67. The third-order valence-corrected chi connectivity index (χ3v) is 4.17. The van der Waals surface area contributed by atoms with Gasteiger partial charge in [0.2, 0.25) is 0 Å². The first kappa shape index (κ1) is 14.7. The van der Waals surface area contributed by atoms with E-state index in [1.165, 1.54) is 44.3 Å². The molecule has 1 aliphatic rings. The van der Waals surface area contributed by atoms with Crippen molar-refractivity contribution in [3.63, 3.8) is 0 Å². The van der Waals surface area contributed by atoms with Crippen LogP contribution in [0.2, 0.25) is 0 Å². The second kappa shape index (κ2) is 6.55. The standard InChI is InChI=1S/C15H30N2/c1-13(2)12-14(16-5)15(3,4)17-10-8-6-7-9-11-17/h14,16H,1,6-12H2,2-5H3. The Morgan fingerprint density at radius 2 is 1.76 bits per heavy atom. The number of likely N-dealkylation sites (N-methyl/N-ethyl adjacent to an activating group) is 1. The molecule has 0 bridgehead atoms. The minimum absolute atomic E-state index is 0.220. The quantitative estimate of drug-likeness (QED) is 0.740. The van der Waals surface area contributed by atoms with E-state index < -0.39 is 0 Å². The van der Waals surface area contributed by atoms with Crippen molar-refractivity contribution in [2.75, 3.05) is 20.1 Å². The smallest absolute Gasteiger partial charge is 0.0309 e. The third-order valence-electron chi connectivity index (χ3n) is 4.17. The van der Waals surface area contributed by atoms with Crippen LogP contribution in [0.3, 0.4) is 0 Å². The fraction of sp³-hybridized carbons (Fsp3) is 0.867. The average Bonchev–Trinajstić information content (AvgIpc) is 2.54. The molecule has 0 aromatic rings. The zero-order valence-electron chi connectivity index (χ0n) is 12.2. The summed E-state index contributed by atoms with van der Waals surface area (Å²) < 4.78 is 0. The second-order valence-electron chi connectivity index (χ2n) is 6.06. The van der Waals surface area contributed by atoms with E-state index in [2.05, 4.69) is 44.6 Å². The predicted octanol–water partition coefficient (Wildman–Crippen LogP) is 3.20. The van der Waals surface area contributed by atoms with Gasteiger partial charge in [0.1, 0.15) is 0 Å². The van der Waals surface area contributed by atoms with Gasteiger partial charge in [-0.25, -0.2) is 0 Å². The molecule has 100 valence electrons. The maximum Gasteiger partial charge on any atom is 0.0309 e. The molecule has 1 unspecified atom stereocenters. The summed E-state index contributed by atoms with van der Waals surface area (Å²) in [6.45, 7) is 13.4. The summed E-state index contributed by atoms with van der Waals surface area (Å²) >= 11 is 0. The number of hydrogen-bond donors (Lipinski definition) is 1. The number of likely N-dealkylation sites (tertiary alicyclic amines) is 1. The largest absolute Gasteiger partial charge is 0.315 e. The molecule has 2 nitrogen and oxygen atoms in total. The van der Waals surface area contributed by atoms with Gasteiger partial charge in [0.25, 0.3) is 0 Å². The van der Waals surface area contributed by atoms with Crippen LogP contribution in [0, 0.1) is 0 Å². The van der Waals surface area contributed by atoms with Gasteiger partial charge in [-0.15, -0.1) is 6.58 Å². The van der Waals surface area contributed by atoms with Crippen molar-refractivity contribution in [3.05, 3.63) is 12.2 Å². The average molecular weight is 238 g/mol. The Kier molecular flexibility index (Phi) is 5.68. The van der Waals surface area contributed by atoms with Gasteiger partial charge in [-0.05, 0) is 60.2 Å². The van der Waals surface area contributed by atoms with Gasteiger partial charge in [0.15, 0.2) is 0 Å². The van der Waals surface area contributed by atoms with E-state index in [0.29, 0.717) is 6.04 Å². The first-order valence-corrected chi connectivity index (χ1v) is 7.05. The third kappa shape index (κ3) is 4.11. The van der Waals surface area contributed by atoms with Gasteiger partial charge in [0.05, 0.1) is 0 Å². The minimum Gasteiger partial charge on any atom is -0.315 e. The van der Waals surface area contributed by atoms with Crippen LogP contribution < -0.4 is 5.32 Å². The van der Waals surface area contributed by atoms with Crippen LogP contribution in [0.4, 0.5) is 0 Å². The van der Waals surface area contributed by atoms with Crippen LogP contribution in [0.1, 0.15) is 52.9 Å². The van der Waals surface area contributed by atoms with Crippen molar-refractivity contribution in [3.8, 4) is 0 Å². The van der Waals surface area contributed by atoms with Crippen LogP contribution in [0.25, 0.3) is 0 Å². The molecule has 0 amide bonds. The monoisotopic (exact) mass is 238 g/mol. The molecule has 1 rings (SSSR count). The fourth-order valence-electron chi connectivity index (χ4n) is 2.92. The minimum atomic E-state index is 0.220. The molecular formula is C15H30N2. The Balaban J connectivity index is 2.70. The van der Waals surface area contributed by atoms with E-state index in [1.54, 1.807) is 0 Å². The van der Waals surface area contributed by atoms with Crippen LogP contribution >= 0.6 is 0 Å². The Morgan fingerprint density at radius 1 is 1.24 bits per heavy atom. The number of nitrogens with zero attached hydrogens (tertiary/aromatic N) is 1. The lowest BCUT2D eigenvalue weighted by molar-refractivity contribution is 0.0865. The Labute approximate surface area is 107 Å². The van der Waals surface area contributed by atoms with Crippen LogP contribution in [0.5, 0.6) is 0 Å². The lowest BCUT2D eigenvalue weighted by Gasteiger charge is -2.44. The molecule has 1 aliphatic heterocycles. The highest BCUT2D eigenvalue weighted by molar-refractivity contribution is 5.02. The van der Waals surface area contributed by atoms with Gasteiger partial charge in [-0.1, -0.05) is 18.4 Å². The zero-order valence-corrected chi connectivity index (χ0v) is 12.2. The van der Waals surface area contributed by atoms with Gasteiger partial charge in [0, 0.05) is 11.6 Å². The van der Waals surface area contributed by atoms with E-state index in [0.717, 1.165) is 6.42 Å². The summed E-state index contributed by atoms with van der Waals surface area (Å²) in [7, 11) is 2.08. The highest BCUT2D eigenvalue weighted by Crippen LogP contribution is 2.26. The maximum atomic E-state index is 4.06. The summed E-state index contributed by atoms with van der Waals surface area (Å²) in [6.07, 6.45) is 6.58. The maximum absolute atomic E-state index is 4.06. The molecule has 1 atom stereocenters. The van der Waals surface area contributed by atoms with E-state index in [-0.39, 0.29) is 5.54 Å². The summed E-state index contributed by atoms with van der Waals surface area (Å²) in [5.74, 6) is 0. The first-order chi connectivity index (χ1) is 7.98. The molecule has 0 spiro atoms. The van der Waals surface area contributed by atoms with Crippen molar-refractivity contribution in [2.45, 2.75) is 64.5 Å². The van der Waals surface area contributed by atoms with Crippen molar-refractivity contribution in [1.29, 1.82) is 0 Å². The number of rotatable bonds is 5. The van der Waals surface area contributed by atoms with Gasteiger partial charge in [-0.2, -0.15) is 0 Å². The molecule has 2 heteroatoms. The van der Waals surface area contributed by atoms with Crippen molar-refractivity contribution < 1.29 is 0 Å². The Bertz CT molecular complexity index is 237. The molecular weight excluding hydrogens is 208 g/mol. The van der Waals surface area contributed by atoms with E-state index >= 15 is 0 Å². The predicted molar refractivity (Wildman–Crippen MR) is 76.4 cm³/mol. The molecule has 1 saturated heterocycles. The normalized spacial score (nSPS) is 20.9. The number of nitrogens with one attached hydrogen (secondary N) is 1. The molecule has 1 N–H and O–H groups in total. The second-order valence-corrected chi connectivity index (χ2v) is 6.06. The fourth-order valence-corrected chi connectivity index (χ4v) is 2.92. The highest BCUT2D eigenvalue weighted by Gasteiger charge is 2.34. The molecule has 0 aromatic heterocycles. The Hall–Kier alpha value is -0.340. The van der Waals surface area contributed by atoms with Crippen molar-refractivity contribution in [2.24, 2.45) is 0 Å². The lowest BCUT2D eigenvalue weighted by Crippen LogP contribution is -2.57. The Morgan fingerprint density at radius 3 is 2.18 bits per heavy atom. The summed E-state index contributed by atoms with van der Waals surface area (Å²) in [5.41, 5.74) is 1.49. The van der Waals surface area contributed by atoms with E-state index in [9.17, 15) is 0 Å². The molecule has 1 fully saturated rings. The lowest BCUT2D eigenvalue weighted by atomic mass is 9.87. The van der Waals surface area contributed by atoms with Crippen LogP contribution in [-0.2, 0) is 0 Å². The molecule has 0 radical (unpaired) electrons. The van der Waals surface area contributed by atoms with Gasteiger partial charge < -0.3 is 5.32 Å². The topological polar surface area (TPSA) is 15.3 Å². The van der Waals surface area contributed by atoms with E-state index in [1.807, 2.05) is 0 Å². The van der Waals surface area contributed by atoms with Gasteiger partial charge in [-0.3, -0.25) is 4.90 Å². The van der Waals surface area contributed by atoms with Crippen LogP contribution in [-0.4, -0.2) is 36.6 Å². The summed E-state index contributed by atoms with van der Waals surface area (Å²) in [6, 6.07) is 0.498. The molecule has 17 heavy (non-hydrogen) atoms. The molecule has 0 aromatic carbocycles. The van der Waals surface area contributed by atoms with E-state index in [4.69, 9.17) is 0 Å². The highest BCUT2D eigenvalue weighted by atomic mass is 15.2. The number of hydrogen-bond acceptors (Lipinski definition) is 2. The molecule has 0 aliphatic carbocycles. The van der Waals surface area contributed by atoms with Crippen LogP contribution in [0.15, 0.2) is 12.2 Å². The van der Waals surface area contributed by atoms with Crippen molar-refractivity contribution in [1.82, 2.24) is 10.2 Å². The first-order valence-electron chi connectivity index (χ1n) is 7.05.